The van der Waals surface area contributed by atoms with Gasteiger partial charge in [-0.3, -0.25) is 9.89 Å². The summed E-state index contributed by atoms with van der Waals surface area (Å²) in [5, 5.41) is 7.01. The Balaban J connectivity index is 2.19. The van der Waals surface area contributed by atoms with E-state index in [0.29, 0.717) is 36.8 Å². The van der Waals surface area contributed by atoms with Crippen LogP contribution in [-0.2, 0) is 6.54 Å². The number of benzene rings is 1. The molecule has 0 aliphatic rings. The Morgan fingerprint density at radius 1 is 1.39 bits per heavy atom. The van der Waals surface area contributed by atoms with Crippen LogP contribution >= 0.6 is 0 Å². The van der Waals surface area contributed by atoms with Crippen LogP contribution in [0, 0.1) is 6.92 Å². The number of carbonyl (C=O) groups excluding carboxylic acids is 1. The molecule has 1 amide bonds. The zero-order valence-electron chi connectivity index (χ0n) is 13.6. The number of amides is 1. The Labute approximate surface area is 135 Å². The van der Waals surface area contributed by atoms with Crippen molar-refractivity contribution in [3.8, 4) is 11.5 Å². The first kappa shape index (κ1) is 16.8. The summed E-state index contributed by atoms with van der Waals surface area (Å²) in [6.45, 7) is 3.02. The zero-order chi connectivity index (χ0) is 16.8. The van der Waals surface area contributed by atoms with Gasteiger partial charge in [-0.15, -0.1) is 0 Å². The summed E-state index contributed by atoms with van der Waals surface area (Å²) in [5.74, 6) is 0.935. The Morgan fingerprint density at radius 3 is 2.78 bits per heavy atom. The minimum absolute atomic E-state index is 0.152. The molecule has 0 saturated heterocycles. The molecule has 0 aliphatic heterocycles. The molecular weight excluding hydrogens is 296 g/mol. The molecule has 23 heavy (non-hydrogen) atoms. The van der Waals surface area contributed by atoms with Gasteiger partial charge in [0.2, 0.25) is 0 Å². The number of aromatic nitrogens is 2. The number of rotatable bonds is 7. The largest absolute Gasteiger partial charge is 0.497 e. The molecule has 0 atom stereocenters. The summed E-state index contributed by atoms with van der Waals surface area (Å²) in [5.41, 5.74) is 7.70. The first-order valence-electron chi connectivity index (χ1n) is 7.32. The molecule has 0 radical (unpaired) electrons. The minimum Gasteiger partial charge on any atom is -0.497 e. The van der Waals surface area contributed by atoms with Crippen molar-refractivity contribution >= 4 is 5.91 Å². The Morgan fingerprint density at radius 2 is 2.17 bits per heavy atom. The van der Waals surface area contributed by atoms with Gasteiger partial charge in [-0.25, -0.2) is 0 Å². The third-order valence-corrected chi connectivity index (χ3v) is 3.30. The lowest BCUT2D eigenvalue weighted by molar-refractivity contribution is 0.0779. The van der Waals surface area contributed by atoms with Crippen molar-refractivity contribution in [1.82, 2.24) is 15.1 Å². The van der Waals surface area contributed by atoms with Crippen LogP contribution in [0.3, 0.4) is 0 Å². The van der Waals surface area contributed by atoms with Crippen molar-refractivity contribution in [1.29, 1.82) is 0 Å². The molecule has 124 valence electrons. The molecule has 0 saturated carbocycles. The highest BCUT2D eigenvalue weighted by Crippen LogP contribution is 2.26. The van der Waals surface area contributed by atoms with Crippen molar-refractivity contribution in [2.75, 3.05) is 27.3 Å². The lowest BCUT2D eigenvalue weighted by Gasteiger charge is -2.18. The first-order chi connectivity index (χ1) is 11.0. The molecule has 7 heteroatoms. The molecular formula is C16H22N4O3. The van der Waals surface area contributed by atoms with Gasteiger partial charge in [0, 0.05) is 25.4 Å². The number of aromatic amines is 1. The lowest BCUT2D eigenvalue weighted by atomic mass is 10.1. The van der Waals surface area contributed by atoms with Gasteiger partial charge in [-0.2, -0.15) is 5.10 Å². The molecule has 3 N–H and O–H groups in total. The summed E-state index contributed by atoms with van der Waals surface area (Å²) < 4.78 is 10.8. The highest BCUT2D eigenvalue weighted by Gasteiger charge is 2.18. The molecule has 0 fully saturated rings. The molecule has 1 aromatic heterocycles. The number of ether oxygens (including phenoxy) is 2. The lowest BCUT2D eigenvalue weighted by Crippen LogP contribution is -2.27. The van der Waals surface area contributed by atoms with Gasteiger partial charge in [0.1, 0.15) is 18.1 Å². The summed E-state index contributed by atoms with van der Waals surface area (Å²) >= 11 is 0. The molecule has 1 heterocycles. The van der Waals surface area contributed by atoms with Crippen molar-refractivity contribution in [2.24, 2.45) is 5.73 Å². The quantitative estimate of drug-likeness (QED) is 0.803. The Bertz CT molecular complexity index is 669. The summed E-state index contributed by atoms with van der Waals surface area (Å²) in [7, 11) is 3.29. The number of hydrogen-bond donors (Lipinski definition) is 2. The Hall–Kier alpha value is -2.54. The number of H-pyrrole nitrogens is 1. The SMILES string of the molecule is COc1ccc(C(=O)N(C)Cc2cc(C)[nH]n2)c(OCCN)c1. The molecule has 2 rings (SSSR count). The van der Waals surface area contributed by atoms with E-state index in [-0.39, 0.29) is 5.91 Å². The third-order valence-electron chi connectivity index (χ3n) is 3.30. The monoisotopic (exact) mass is 318 g/mol. The standard InChI is InChI=1S/C16H22N4O3/c1-11-8-12(19-18-11)10-20(2)16(21)14-5-4-13(22-3)9-15(14)23-7-6-17/h4-5,8-9H,6-7,10,17H2,1-3H3,(H,18,19). The van der Waals surface area contributed by atoms with E-state index >= 15 is 0 Å². The molecule has 2 aromatic rings. The number of carbonyl (C=O) groups is 1. The van der Waals surface area contributed by atoms with Gasteiger partial charge in [-0.1, -0.05) is 0 Å². The average Bonchev–Trinajstić information content (AvgIpc) is 2.96. The summed E-state index contributed by atoms with van der Waals surface area (Å²) in [6.07, 6.45) is 0. The zero-order valence-corrected chi connectivity index (χ0v) is 13.6. The average molecular weight is 318 g/mol. The predicted molar refractivity (Wildman–Crippen MR) is 86.7 cm³/mol. The number of methoxy groups -OCH3 is 1. The van der Waals surface area contributed by atoms with Crippen LogP contribution in [0.15, 0.2) is 24.3 Å². The van der Waals surface area contributed by atoms with E-state index in [1.807, 2.05) is 13.0 Å². The second-order valence-corrected chi connectivity index (χ2v) is 5.20. The second kappa shape index (κ2) is 7.64. The highest BCUT2D eigenvalue weighted by atomic mass is 16.5. The molecule has 1 aromatic carbocycles. The fourth-order valence-electron chi connectivity index (χ4n) is 2.17. The van der Waals surface area contributed by atoms with Crippen molar-refractivity contribution in [3.05, 3.63) is 41.2 Å². The third kappa shape index (κ3) is 4.23. The van der Waals surface area contributed by atoms with Gasteiger partial charge in [-0.05, 0) is 25.1 Å². The summed E-state index contributed by atoms with van der Waals surface area (Å²) in [6, 6.07) is 7.02. The second-order valence-electron chi connectivity index (χ2n) is 5.20. The van der Waals surface area contributed by atoms with Gasteiger partial charge in [0.25, 0.3) is 5.91 Å². The van der Waals surface area contributed by atoms with Gasteiger partial charge >= 0.3 is 0 Å². The van der Waals surface area contributed by atoms with Crippen molar-refractivity contribution in [2.45, 2.75) is 13.5 Å². The van der Waals surface area contributed by atoms with Gasteiger partial charge < -0.3 is 20.1 Å². The van der Waals surface area contributed by atoms with E-state index < -0.39 is 0 Å². The van der Waals surface area contributed by atoms with Crippen LogP contribution in [-0.4, -0.2) is 48.3 Å². The van der Waals surface area contributed by atoms with Crippen LogP contribution in [0.4, 0.5) is 0 Å². The first-order valence-corrected chi connectivity index (χ1v) is 7.32. The van der Waals surface area contributed by atoms with E-state index in [9.17, 15) is 4.79 Å². The number of nitrogens with two attached hydrogens (primary N) is 1. The highest BCUT2D eigenvalue weighted by molar-refractivity contribution is 5.97. The molecule has 0 aliphatic carbocycles. The number of nitrogens with one attached hydrogen (secondary N) is 1. The predicted octanol–water partition coefficient (Wildman–Crippen LogP) is 1.34. The number of aryl methyl sites for hydroxylation is 1. The van der Waals surface area contributed by atoms with E-state index in [1.165, 1.54) is 0 Å². The maximum absolute atomic E-state index is 12.7. The number of nitrogens with zero attached hydrogens (tertiary/aromatic N) is 2. The fourth-order valence-corrected chi connectivity index (χ4v) is 2.17. The molecule has 7 nitrogen and oxygen atoms in total. The van der Waals surface area contributed by atoms with E-state index in [0.717, 1.165) is 11.4 Å². The van der Waals surface area contributed by atoms with Crippen LogP contribution in [0.1, 0.15) is 21.7 Å². The Kier molecular flexibility index (Phi) is 5.59. The van der Waals surface area contributed by atoms with E-state index in [4.69, 9.17) is 15.2 Å². The van der Waals surface area contributed by atoms with Crippen LogP contribution in [0.5, 0.6) is 11.5 Å². The minimum atomic E-state index is -0.152. The topological polar surface area (TPSA) is 93.5 Å². The van der Waals surface area contributed by atoms with Crippen LogP contribution < -0.4 is 15.2 Å². The van der Waals surface area contributed by atoms with Crippen molar-refractivity contribution < 1.29 is 14.3 Å². The molecule has 0 unspecified atom stereocenters. The molecule has 0 bridgehead atoms. The van der Waals surface area contributed by atoms with E-state index in [2.05, 4.69) is 10.2 Å². The van der Waals surface area contributed by atoms with E-state index in [1.54, 1.807) is 37.3 Å². The molecule has 0 spiro atoms. The van der Waals surface area contributed by atoms with Gasteiger partial charge in [0.05, 0.1) is 24.9 Å². The van der Waals surface area contributed by atoms with Gasteiger partial charge in [0.15, 0.2) is 0 Å². The van der Waals surface area contributed by atoms with Crippen LogP contribution in [0.25, 0.3) is 0 Å². The normalized spacial score (nSPS) is 10.4. The maximum atomic E-state index is 12.7. The fraction of sp³-hybridized carbons (Fsp3) is 0.375. The number of hydrogen-bond acceptors (Lipinski definition) is 5. The maximum Gasteiger partial charge on any atom is 0.257 e. The van der Waals surface area contributed by atoms with Crippen LogP contribution in [0.2, 0.25) is 0 Å². The van der Waals surface area contributed by atoms with Crippen molar-refractivity contribution in [3.63, 3.8) is 0 Å². The smallest absolute Gasteiger partial charge is 0.257 e. The summed E-state index contributed by atoms with van der Waals surface area (Å²) in [4.78, 5) is 14.3.